The van der Waals surface area contributed by atoms with E-state index in [2.05, 4.69) is 19.2 Å². The summed E-state index contributed by atoms with van der Waals surface area (Å²) in [4.78, 5) is 0. The number of halogens is 2. The van der Waals surface area contributed by atoms with Gasteiger partial charge in [0, 0.05) is 22.6 Å². The van der Waals surface area contributed by atoms with Gasteiger partial charge in [0.1, 0.15) is 0 Å². The Morgan fingerprint density at radius 3 is 2.63 bits per heavy atom. The van der Waals surface area contributed by atoms with E-state index in [0.717, 1.165) is 29.0 Å². The molecule has 2 atom stereocenters. The van der Waals surface area contributed by atoms with Crippen LogP contribution in [0, 0.1) is 11.8 Å². The van der Waals surface area contributed by atoms with E-state index in [9.17, 15) is 0 Å². The van der Waals surface area contributed by atoms with Gasteiger partial charge in [-0.3, -0.25) is 0 Å². The zero-order chi connectivity index (χ0) is 13.8. The molecule has 2 unspecified atom stereocenters. The summed E-state index contributed by atoms with van der Waals surface area (Å²) in [6.07, 6.45) is 5.36. The minimum Gasteiger partial charge on any atom is -0.310 e. The molecule has 1 aliphatic carbocycles. The Morgan fingerprint density at radius 1 is 1.21 bits per heavy atom. The zero-order valence-electron chi connectivity index (χ0n) is 11.8. The number of benzene rings is 1. The lowest BCUT2D eigenvalue weighted by Crippen LogP contribution is -2.40. The predicted molar refractivity (Wildman–Crippen MR) is 83.9 cm³/mol. The SMILES string of the molecule is CC(C)C1CCCCC1NCc1ccc(Cl)cc1Cl. The Bertz CT molecular complexity index is 417. The maximum Gasteiger partial charge on any atom is 0.0465 e. The molecule has 2 rings (SSSR count). The zero-order valence-corrected chi connectivity index (χ0v) is 13.3. The number of hydrogen-bond acceptors (Lipinski definition) is 1. The van der Waals surface area contributed by atoms with E-state index in [0.29, 0.717) is 11.1 Å². The van der Waals surface area contributed by atoms with Gasteiger partial charge in [0.15, 0.2) is 0 Å². The van der Waals surface area contributed by atoms with Gasteiger partial charge in [-0.05, 0) is 42.4 Å². The largest absolute Gasteiger partial charge is 0.310 e. The summed E-state index contributed by atoms with van der Waals surface area (Å²) in [5.41, 5.74) is 1.14. The van der Waals surface area contributed by atoms with Crippen molar-refractivity contribution < 1.29 is 0 Å². The highest BCUT2D eigenvalue weighted by Gasteiger charge is 2.26. The molecule has 106 valence electrons. The van der Waals surface area contributed by atoms with Gasteiger partial charge in [0.2, 0.25) is 0 Å². The first kappa shape index (κ1) is 15.2. The summed E-state index contributed by atoms with van der Waals surface area (Å²) < 4.78 is 0. The van der Waals surface area contributed by atoms with Crippen molar-refractivity contribution in [1.82, 2.24) is 5.32 Å². The summed E-state index contributed by atoms with van der Waals surface area (Å²) in [6.45, 7) is 5.50. The van der Waals surface area contributed by atoms with E-state index < -0.39 is 0 Å². The van der Waals surface area contributed by atoms with Crippen LogP contribution in [0.3, 0.4) is 0 Å². The fraction of sp³-hybridized carbons (Fsp3) is 0.625. The molecule has 0 bridgehead atoms. The molecule has 1 aliphatic rings. The van der Waals surface area contributed by atoms with E-state index in [1.54, 1.807) is 0 Å². The monoisotopic (exact) mass is 299 g/mol. The van der Waals surface area contributed by atoms with Crippen LogP contribution < -0.4 is 5.32 Å². The van der Waals surface area contributed by atoms with Crippen molar-refractivity contribution in [3.63, 3.8) is 0 Å². The minimum absolute atomic E-state index is 0.625. The summed E-state index contributed by atoms with van der Waals surface area (Å²) >= 11 is 12.1. The van der Waals surface area contributed by atoms with E-state index >= 15 is 0 Å². The van der Waals surface area contributed by atoms with Crippen LogP contribution in [0.15, 0.2) is 18.2 Å². The highest BCUT2D eigenvalue weighted by Crippen LogP contribution is 2.30. The van der Waals surface area contributed by atoms with Crippen LogP contribution in [-0.4, -0.2) is 6.04 Å². The lowest BCUT2D eigenvalue weighted by Gasteiger charge is -2.35. The Labute approximate surface area is 126 Å². The van der Waals surface area contributed by atoms with Crippen LogP contribution in [-0.2, 0) is 6.54 Å². The third-order valence-corrected chi connectivity index (χ3v) is 4.83. The second-order valence-corrected chi connectivity index (χ2v) is 6.76. The summed E-state index contributed by atoms with van der Waals surface area (Å²) in [6, 6.07) is 6.37. The van der Waals surface area contributed by atoms with Crippen molar-refractivity contribution >= 4 is 23.2 Å². The average molecular weight is 300 g/mol. The first-order valence-electron chi connectivity index (χ1n) is 7.25. The molecule has 1 N–H and O–H groups in total. The quantitative estimate of drug-likeness (QED) is 0.796. The van der Waals surface area contributed by atoms with E-state index in [-0.39, 0.29) is 0 Å². The van der Waals surface area contributed by atoms with Crippen LogP contribution in [0.5, 0.6) is 0 Å². The minimum atomic E-state index is 0.625. The predicted octanol–water partition coefficient (Wildman–Crippen LogP) is 5.30. The molecule has 0 aliphatic heterocycles. The van der Waals surface area contributed by atoms with Gasteiger partial charge in [-0.2, -0.15) is 0 Å². The van der Waals surface area contributed by atoms with Gasteiger partial charge in [-0.15, -0.1) is 0 Å². The second kappa shape index (κ2) is 6.97. The second-order valence-electron chi connectivity index (χ2n) is 5.92. The third-order valence-electron chi connectivity index (χ3n) is 4.25. The first-order valence-corrected chi connectivity index (χ1v) is 8.01. The van der Waals surface area contributed by atoms with Gasteiger partial charge in [-0.1, -0.05) is 56.0 Å². The van der Waals surface area contributed by atoms with Crippen LogP contribution in [0.1, 0.15) is 45.1 Å². The molecule has 1 nitrogen and oxygen atoms in total. The number of rotatable bonds is 4. The smallest absolute Gasteiger partial charge is 0.0465 e. The van der Waals surface area contributed by atoms with Gasteiger partial charge in [0.05, 0.1) is 0 Å². The van der Waals surface area contributed by atoms with Crippen molar-refractivity contribution in [3.8, 4) is 0 Å². The van der Waals surface area contributed by atoms with Crippen molar-refractivity contribution in [2.24, 2.45) is 11.8 Å². The Kier molecular flexibility index (Phi) is 5.56. The normalized spacial score (nSPS) is 23.8. The van der Waals surface area contributed by atoms with Gasteiger partial charge in [-0.25, -0.2) is 0 Å². The molecule has 0 heterocycles. The van der Waals surface area contributed by atoms with Crippen molar-refractivity contribution in [1.29, 1.82) is 0 Å². The molecule has 1 aromatic carbocycles. The molecule has 19 heavy (non-hydrogen) atoms. The molecule has 0 amide bonds. The fourth-order valence-corrected chi connectivity index (χ4v) is 3.59. The van der Waals surface area contributed by atoms with Gasteiger partial charge < -0.3 is 5.32 Å². The lowest BCUT2D eigenvalue weighted by molar-refractivity contribution is 0.204. The number of nitrogens with one attached hydrogen (secondary N) is 1. The highest BCUT2D eigenvalue weighted by molar-refractivity contribution is 6.35. The van der Waals surface area contributed by atoms with Crippen molar-refractivity contribution in [3.05, 3.63) is 33.8 Å². The van der Waals surface area contributed by atoms with E-state index in [1.165, 1.54) is 25.7 Å². The molecular weight excluding hydrogens is 277 g/mol. The molecule has 0 spiro atoms. The van der Waals surface area contributed by atoms with Crippen LogP contribution in [0.2, 0.25) is 10.0 Å². The van der Waals surface area contributed by atoms with Crippen LogP contribution >= 0.6 is 23.2 Å². The van der Waals surface area contributed by atoms with Crippen molar-refractivity contribution in [2.75, 3.05) is 0 Å². The molecule has 0 radical (unpaired) electrons. The van der Waals surface area contributed by atoms with Gasteiger partial charge >= 0.3 is 0 Å². The van der Waals surface area contributed by atoms with Crippen LogP contribution in [0.4, 0.5) is 0 Å². The Hall–Kier alpha value is -0.240. The van der Waals surface area contributed by atoms with E-state index in [1.807, 2.05) is 18.2 Å². The molecule has 1 fully saturated rings. The molecule has 3 heteroatoms. The molecular formula is C16H23Cl2N. The molecule has 0 saturated heterocycles. The molecule has 1 saturated carbocycles. The first-order chi connectivity index (χ1) is 9.08. The summed E-state index contributed by atoms with van der Waals surface area (Å²) in [5, 5.41) is 5.16. The Morgan fingerprint density at radius 2 is 1.95 bits per heavy atom. The highest BCUT2D eigenvalue weighted by atomic mass is 35.5. The topological polar surface area (TPSA) is 12.0 Å². The van der Waals surface area contributed by atoms with Crippen LogP contribution in [0.25, 0.3) is 0 Å². The standard InChI is InChI=1S/C16H23Cl2N/c1-11(2)14-5-3-4-6-16(14)19-10-12-7-8-13(17)9-15(12)18/h7-9,11,14,16,19H,3-6,10H2,1-2H3. The summed E-state index contributed by atoms with van der Waals surface area (Å²) in [5.74, 6) is 1.54. The molecule has 1 aromatic rings. The maximum absolute atomic E-state index is 6.22. The lowest BCUT2D eigenvalue weighted by atomic mass is 9.78. The van der Waals surface area contributed by atoms with E-state index in [4.69, 9.17) is 23.2 Å². The average Bonchev–Trinajstić information content (AvgIpc) is 2.38. The van der Waals surface area contributed by atoms with Crippen molar-refractivity contribution in [2.45, 2.75) is 52.1 Å². The Balaban J connectivity index is 1.96. The summed E-state index contributed by atoms with van der Waals surface area (Å²) in [7, 11) is 0. The fourth-order valence-electron chi connectivity index (χ4n) is 3.12. The number of hydrogen-bond donors (Lipinski definition) is 1. The third kappa shape index (κ3) is 4.11. The van der Waals surface area contributed by atoms with Gasteiger partial charge in [0.25, 0.3) is 0 Å². The maximum atomic E-state index is 6.22. The molecule has 0 aromatic heterocycles.